The molecule has 3 aromatic heterocycles. The first kappa shape index (κ1) is 23.5. The van der Waals surface area contributed by atoms with Gasteiger partial charge in [-0.15, -0.1) is 0 Å². The third-order valence-electron chi connectivity index (χ3n) is 5.12. The molecule has 0 aromatic carbocycles. The Morgan fingerprint density at radius 1 is 1.31 bits per heavy atom. The zero-order chi connectivity index (χ0) is 23.1. The van der Waals surface area contributed by atoms with E-state index in [1.54, 1.807) is 48.8 Å². The Bertz CT molecular complexity index is 1110. The second-order valence-electron chi connectivity index (χ2n) is 7.44. The van der Waals surface area contributed by atoms with Gasteiger partial charge < -0.3 is 10.3 Å². The number of hydrogen-bond donors (Lipinski definition) is 2. The molecule has 6 nitrogen and oxygen atoms in total. The van der Waals surface area contributed by atoms with Gasteiger partial charge in [-0.25, -0.2) is 14.6 Å². The summed E-state index contributed by atoms with van der Waals surface area (Å²) in [5, 5.41) is 7.13. The van der Waals surface area contributed by atoms with E-state index in [1.165, 1.54) is 6.08 Å². The number of aromatic nitrogens is 5. The van der Waals surface area contributed by atoms with E-state index in [2.05, 4.69) is 31.9 Å². The van der Waals surface area contributed by atoms with Gasteiger partial charge in [0.1, 0.15) is 5.52 Å². The Morgan fingerprint density at radius 2 is 2.12 bits per heavy atom. The predicted molar refractivity (Wildman–Crippen MR) is 121 cm³/mol. The van der Waals surface area contributed by atoms with E-state index in [0.29, 0.717) is 17.8 Å². The lowest BCUT2D eigenvalue weighted by molar-refractivity contribution is -0.164. The van der Waals surface area contributed by atoms with Crippen molar-refractivity contribution < 1.29 is 13.2 Å². The van der Waals surface area contributed by atoms with Crippen LogP contribution in [-0.4, -0.2) is 44.5 Å². The van der Waals surface area contributed by atoms with Crippen molar-refractivity contribution in [2.45, 2.75) is 32.4 Å². The smallest absolute Gasteiger partial charge is 0.329 e. The minimum Gasteiger partial charge on any atom is -0.329 e. The molecule has 0 fully saturated rings. The van der Waals surface area contributed by atoms with E-state index in [1.807, 2.05) is 13.0 Å². The van der Waals surface area contributed by atoms with Gasteiger partial charge in [0.25, 0.3) is 0 Å². The van der Waals surface area contributed by atoms with Gasteiger partial charge in [0.2, 0.25) is 0 Å². The van der Waals surface area contributed by atoms with E-state index >= 15 is 0 Å². The maximum Gasteiger partial charge on any atom is 0.395 e. The number of aromatic amines is 1. The van der Waals surface area contributed by atoms with E-state index in [0.717, 1.165) is 23.1 Å². The highest BCUT2D eigenvalue weighted by Crippen LogP contribution is 2.35. The van der Waals surface area contributed by atoms with Gasteiger partial charge in [-0.1, -0.05) is 32.1 Å². The number of H-pyrrole nitrogens is 1. The average molecular weight is 445 g/mol. The van der Waals surface area contributed by atoms with Crippen molar-refractivity contribution in [3.05, 3.63) is 61.4 Å². The third kappa shape index (κ3) is 5.53. The van der Waals surface area contributed by atoms with E-state index in [4.69, 9.17) is 0 Å². The molecule has 0 saturated carbocycles. The Balaban J connectivity index is 1.84. The van der Waals surface area contributed by atoms with Crippen molar-refractivity contribution in [3.8, 4) is 11.1 Å². The minimum absolute atomic E-state index is 0.0278. The van der Waals surface area contributed by atoms with Gasteiger partial charge >= 0.3 is 6.18 Å². The quantitative estimate of drug-likeness (QED) is 0.413. The highest BCUT2D eigenvalue weighted by atomic mass is 19.4. The van der Waals surface area contributed by atoms with E-state index in [-0.39, 0.29) is 18.5 Å². The second kappa shape index (κ2) is 10.4. The van der Waals surface area contributed by atoms with Gasteiger partial charge in [0, 0.05) is 23.5 Å². The minimum atomic E-state index is -4.32. The molecule has 170 valence electrons. The molecule has 3 heterocycles. The number of hydrogen-bond acceptors (Lipinski definition) is 4. The molecule has 3 rings (SSSR count). The van der Waals surface area contributed by atoms with Crippen LogP contribution < -0.4 is 5.32 Å². The highest BCUT2D eigenvalue weighted by molar-refractivity contribution is 5.89. The molecule has 0 aliphatic carbocycles. The molecule has 1 atom stereocenters. The summed E-state index contributed by atoms with van der Waals surface area (Å²) in [6, 6.07) is 1.84. The van der Waals surface area contributed by atoms with Gasteiger partial charge in [0.05, 0.1) is 24.1 Å². The molecule has 3 aromatic rings. The fourth-order valence-corrected chi connectivity index (χ4v) is 3.41. The van der Waals surface area contributed by atoms with Gasteiger partial charge in [0.15, 0.2) is 5.65 Å². The van der Waals surface area contributed by atoms with Crippen LogP contribution in [0, 0.1) is 5.92 Å². The second-order valence-corrected chi connectivity index (χ2v) is 7.44. The number of unbranched alkanes of at least 4 members (excludes halogenated alkanes) is 1. The molecule has 0 amide bonds. The first-order chi connectivity index (χ1) is 15.3. The molecule has 0 spiro atoms. The summed E-state index contributed by atoms with van der Waals surface area (Å²) in [5.41, 5.74) is 3.75. The van der Waals surface area contributed by atoms with Crippen molar-refractivity contribution in [1.82, 2.24) is 30.0 Å². The first-order valence-corrected chi connectivity index (χ1v) is 10.5. The van der Waals surface area contributed by atoms with Crippen LogP contribution in [0.25, 0.3) is 28.0 Å². The van der Waals surface area contributed by atoms with Crippen LogP contribution >= 0.6 is 0 Å². The number of pyridine rings is 1. The Morgan fingerprint density at radius 3 is 2.84 bits per heavy atom. The SMILES string of the molecule is C=C(/C=C\C(=C/CCC)C(CCNC)C(F)(F)F)n1cc(-c2ccnc3[nH]cnc23)cn1. The molecule has 0 aliphatic rings. The molecule has 32 heavy (non-hydrogen) atoms. The lowest BCUT2D eigenvalue weighted by atomic mass is 9.93. The number of allylic oxidation sites excluding steroid dienone is 5. The van der Waals surface area contributed by atoms with Crippen molar-refractivity contribution in [3.63, 3.8) is 0 Å². The zero-order valence-corrected chi connectivity index (χ0v) is 18.2. The molecular formula is C23H27F3N6. The summed E-state index contributed by atoms with van der Waals surface area (Å²) < 4.78 is 42.7. The standard InChI is InChI=1S/C23H27F3N6/c1-4-5-6-17(20(10-11-27-3)23(24,25)26)8-7-16(2)32-14-18(13-31-32)19-9-12-28-22-21(19)29-15-30-22/h6-9,12-15,20,27H,2,4-5,10-11H2,1,3H3,(H,28,29,30)/b8-7-,17-6+. The van der Waals surface area contributed by atoms with Gasteiger partial charge in [-0.3, -0.25) is 0 Å². The number of nitrogens with zero attached hydrogens (tertiary/aromatic N) is 4. The lowest BCUT2D eigenvalue weighted by Gasteiger charge is -2.22. The number of fused-ring (bicyclic) bond motifs is 1. The van der Waals surface area contributed by atoms with E-state index in [9.17, 15) is 13.2 Å². The largest absolute Gasteiger partial charge is 0.395 e. The van der Waals surface area contributed by atoms with Crippen LogP contribution in [0.15, 0.2) is 61.4 Å². The van der Waals surface area contributed by atoms with Crippen LogP contribution in [-0.2, 0) is 0 Å². The van der Waals surface area contributed by atoms with Gasteiger partial charge in [-0.05, 0) is 44.1 Å². The molecule has 0 saturated heterocycles. The number of halogens is 3. The van der Waals surface area contributed by atoms with Crippen molar-refractivity contribution in [2.75, 3.05) is 13.6 Å². The van der Waals surface area contributed by atoms with Crippen LogP contribution in [0.4, 0.5) is 13.2 Å². The fraction of sp³-hybridized carbons (Fsp3) is 0.348. The summed E-state index contributed by atoms with van der Waals surface area (Å²) in [6.45, 7) is 6.19. The fourth-order valence-electron chi connectivity index (χ4n) is 3.41. The van der Waals surface area contributed by atoms with Gasteiger partial charge in [-0.2, -0.15) is 18.3 Å². The monoisotopic (exact) mass is 444 g/mol. The highest BCUT2D eigenvalue weighted by Gasteiger charge is 2.40. The maximum absolute atomic E-state index is 13.7. The van der Waals surface area contributed by atoms with Crippen LogP contribution in [0.1, 0.15) is 26.2 Å². The van der Waals surface area contributed by atoms with Crippen molar-refractivity contribution >= 4 is 16.9 Å². The maximum atomic E-state index is 13.7. The molecular weight excluding hydrogens is 417 g/mol. The zero-order valence-electron chi connectivity index (χ0n) is 18.2. The third-order valence-corrected chi connectivity index (χ3v) is 5.12. The van der Waals surface area contributed by atoms with Crippen LogP contribution in [0.5, 0.6) is 0 Å². The van der Waals surface area contributed by atoms with Crippen LogP contribution in [0.3, 0.4) is 0 Å². The Labute approximate surface area is 185 Å². The predicted octanol–water partition coefficient (Wildman–Crippen LogP) is 5.36. The Hall–Kier alpha value is -3.20. The normalized spacial score (nSPS) is 13.8. The summed E-state index contributed by atoms with van der Waals surface area (Å²) in [6.07, 6.45) is 8.43. The van der Waals surface area contributed by atoms with Crippen molar-refractivity contribution in [1.29, 1.82) is 0 Å². The lowest BCUT2D eigenvalue weighted by Crippen LogP contribution is -2.27. The molecule has 0 aliphatic heterocycles. The summed E-state index contributed by atoms with van der Waals surface area (Å²) >= 11 is 0. The Kier molecular flexibility index (Phi) is 7.63. The molecule has 1 unspecified atom stereocenters. The molecule has 2 N–H and O–H groups in total. The van der Waals surface area contributed by atoms with Crippen molar-refractivity contribution in [2.24, 2.45) is 5.92 Å². The first-order valence-electron chi connectivity index (χ1n) is 10.5. The number of alkyl halides is 3. The number of rotatable bonds is 10. The summed E-state index contributed by atoms with van der Waals surface area (Å²) in [4.78, 5) is 11.5. The number of imidazole rings is 1. The molecule has 0 radical (unpaired) electrons. The molecule has 9 heteroatoms. The topological polar surface area (TPSA) is 71.4 Å². The molecule has 0 bridgehead atoms. The summed E-state index contributed by atoms with van der Waals surface area (Å²) in [7, 11) is 1.65. The summed E-state index contributed by atoms with van der Waals surface area (Å²) in [5.74, 6) is -1.54. The number of nitrogens with one attached hydrogen (secondary N) is 2. The van der Waals surface area contributed by atoms with E-state index < -0.39 is 12.1 Å². The average Bonchev–Trinajstić information content (AvgIpc) is 3.43. The van der Waals surface area contributed by atoms with Crippen LogP contribution in [0.2, 0.25) is 0 Å².